The van der Waals surface area contributed by atoms with Crippen LogP contribution in [0.15, 0.2) is 11.6 Å². The van der Waals surface area contributed by atoms with Crippen molar-refractivity contribution in [3.8, 4) is 0 Å². The van der Waals surface area contributed by atoms with Crippen molar-refractivity contribution in [2.24, 2.45) is 39.9 Å². The number of rotatable bonds is 3. The topological polar surface area (TPSA) is 88.1 Å². The number of esters is 3. The maximum Gasteiger partial charge on any atom is 0.334 e. The first-order valence-corrected chi connectivity index (χ1v) is 13.8. The minimum Gasteiger partial charge on any atom is -0.436 e. The zero-order valence-corrected chi connectivity index (χ0v) is 22.6. The van der Waals surface area contributed by atoms with Gasteiger partial charge in [0.05, 0.1) is 6.10 Å². The lowest BCUT2D eigenvalue weighted by atomic mass is 9.38. The van der Waals surface area contributed by atoms with Gasteiger partial charge >= 0.3 is 17.9 Å². The predicted octanol–water partition coefficient (Wildman–Crippen LogP) is 5.31. The van der Waals surface area contributed by atoms with Crippen LogP contribution in [0.25, 0.3) is 0 Å². The van der Waals surface area contributed by atoms with Crippen LogP contribution in [0, 0.1) is 39.9 Å². The molecule has 5 rings (SSSR count). The number of carbonyl (C=O) groups excluding carboxylic acids is 3. The van der Waals surface area contributed by atoms with Gasteiger partial charge in [0.25, 0.3) is 6.29 Å². The zero-order valence-electron chi connectivity index (χ0n) is 22.6. The van der Waals surface area contributed by atoms with E-state index >= 15 is 0 Å². The molecular weight excluding hydrogens is 460 g/mol. The Morgan fingerprint density at radius 3 is 2.33 bits per heavy atom. The lowest BCUT2D eigenvalue weighted by molar-refractivity contribution is -0.270. The second-order valence-electron chi connectivity index (χ2n) is 13.2. The Bertz CT molecular complexity index is 969. The minimum atomic E-state index is -1.09. The van der Waals surface area contributed by atoms with Crippen molar-refractivity contribution in [2.45, 2.75) is 112 Å². The van der Waals surface area contributed by atoms with Crippen LogP contribution >= 0.6 is 0 Å². The summed E-state index contributed by atoms with van der Waals surface area (Å²) in [6, 6.07) is 0. The fourth-order valence-electron chi connectivity index (χ4n) is 9.55. The summed E-state index contributed by atoms with van der Waals surface area (Å²) < 4.78 is 22.7. The second-order valence-corrected chi connectivity index (χ2v) is 13.2. The summed E-state index contributed by atoms with van der Waals surface area (Å²) in [6.45, 7) is 12.6. The molecule has 0 bridgehead atoms. The summed E-state index contributed by atoms with van der Waals surface area (Å²) in [5.74, 6) is 0.218. The van der Waals surface area contributed by atoms with E-state index in [0.717, 1.165) is 19.3 Å². The van der Waals surface area contributed by atoms with E-state index in [1.165, 1.54) is 45.6 Å². The van der Waals surface area contributed by atoms with Crippen LogP contribution in [0.1, 0.15) is 92.9 Å². The summed E-state index contributed by atoms with van der Waals surface area (Å²) in [6.07, 6.45) is 8.06. The number of ether oxygens (including phenoxy) is 4. The summed E-state index contributed by atoms with van der Waals surface area (Å²) >= 11 is 0. The van der Waals surface area contributed by atoms with E-state index in [0.29, 0.717) is 29.2 Å². The van der Waals surface area contributed by atoms with Gasteiger partial charge < -0.3 is 18.9 Å². The Hall–Kier alpha value is -1.89. The monoisotopic (exact) mass is 502 g/mol. The molecule has 0 aromatic carbocycles. The highest BCUT2D eigenvalue weighted by molar-refractivity contribution is 5.86. The number of cyclic esters (lactones) is 1. The van der Waals surface area contributed by atoms with Crippen LogP contribution in [-0.4, -0.2) is 36.6 Å². The lowest BCUT2D eigenvalue weighted by Gasteiger charge is -2.67. The summed E-state index contributed by atoms with van der Waals surface area (Å²) in [4.78, 5) is 35.9. The average Bonchev–Trinajstić information content (AvgIpc) is 3.11. The normalized spacial score (nSPS) is 45.3. The van der Waals surface area contributed by atoms with E-state index < -0.39 is 30.6 Å². The van der Waals surface area contributed by atoms with E-state index in [9.17, 15) is 14.4 Å². The van der Waals surface area contributed by atoms with E-state index in [2.05, 4.69) is 27.7 Å². The highest BCUT2D eigenvalue weighted by Gasteiger charge is 2.64. The third kappa shape index (κ3) is 4.10. The van der Waals surface area contributed by atoms with Crippen molar-refractivity contribution in [3.05, 3.63) is 11.6 Å². The van der Waals surface area contributed by atoms with Crippen molar-refractivity contribution >= 4 is 17.9 Å². The van der Waals surface area contributed by atoms with Gasteiger partial charge in [0.15, 0.2) is 0 Å². The van der Waals surface area contributed by atoms with E-state index in [1.54, 1.807) is 0 Å². The van der Waals surface area contributed by atoms with Crippen LogP contribution in [0.4, 0.5) is 0 Å². The van der Waals surface area contributed by atoms with Crippen molar-refractivity contribution in [2.75, 3.05) is 0 Å². The van der Waals surface area contributed by atoms with Gasteiger partial charge in [-0.15, -0.1) is 0 Å². The van der Waals surface area contributed by atoms with E-state index in [4.69, 9.17) is 18.9 Å². The summed E-state index contributed by atoms with van der Waals surface area (Å²) in [7, 11) is 0. The third-order valence-corrected chi connectivity index (χ3v) is 10.8. The molecule has 36 heavy (non-hydrogen) atoms. The fourth-order valence-corrected chi connectivity index (χ4v) is 9.55. The summed E-state index contributed by atoms with van der Waals surface area (Å²) in [5, 5.41) is 0. The first-order valence-electron chi connectivity index (χ1n) is 13.8. The molecule has 3 saturated carbocycles. The standard InChI is InChI=1S/C29H42O7/c1-16(30)33-25-18-8-9-23-28(5,13-10-22-27(3,4)11-7-12-29(22,23)6)20(18)15-21(35-25)19-14-24(32)36-26(19)34-17(2)31/h14,18,20-23,25-26H,7-13,15H2,1-6H3/t18-,20+,21+,22?,23?,25-,26?,28-,29-/m0/s1. The number of carbonyl (C=O) groups is 3. The fraction of sp³-hybridized carbons (Fsp3) is 0.828. The molecule has 0 spiro atoms. The van der Waals surface area contributed by atoms with Gasteiger partial charge in [-0.05, 0) is 78.9 Å². The van der Waals surface area contributed by atoms with Crippen LogP contribution < -0.4 is 0 Å². The molecule has 1 saturated heterocycles. The first kappa shape index (κ1) is 25.7. The Labute approximate surface area is 214 Å². The summed E-state index contributed by atoms with van der Waals surface area (Å²) in [5.41, 5.74) is 1.22. The molecule has 0 aromatic rings. The Balaban J connectivity index is 1.49. The SMILES string of the molecule is CC(=O)OC1OC(=O)C=C1[C@H]1C[C@@H]2[C@H](CCC3[C@@]4(C)CCCC(C)(C)C4CC[C@]32C)[C@@H](OC(C)=O)O1. The van der Waals surface area contributed by atoms with Gasteiger partial charge in [-0.1, -0.05) is 34.1 Å². The number of hydrogen-bond acceptors (Lipinski definition) is 7. The molecule has 3 unspecified atom stereocenters. The van der Waals surface area contributed by atoms with Crippen molar-refractivity contribution in [1.29, 1.82) is 0 Å². The van der Waals surface area contributed by atoms with Crippen molar-refractivity contribution < 1.29 is 33.3 Å². The molecule has 2 heterocycles. The van der Waals surface area contributed by atoms with Gasteiger partial charge in [-0.2, -0.15) is 0 Å². The van der Waals surface area contributed by atoms with Crippen LogP contribution in [-0.2, 0) is 33.3 Å². The highest BCUT2D eigenvalue weighted by Crippen LogP contribution is 2.70. The molecule has 2 aliphatic heterocycles. The lowest BCUT2D eigenvalue weighted by Crippen LogP contribution is -2.62. The first-order chi connectivity index (χ1) is 16.8. The van der Waals surface area contributed by atoms with Gasteiger partial charge in [0, 0.05) is 31.4 Å². The molecule has 9 atom stereocenters. The van der Waals surface area contributed by atoms with Gasteiger partial charge in [-0.3, -0.25) is 9.59 Å². The molecule has 7 nitrogen and oxygen atoms in total. The Kier molecular flexibility index (Phi) is 6.33. The van der Waals surface area contributed by atoms with Gasteiger partial charge in [0.2, 0.25) is 6.29 Å². The van der Waals surface area contributed by atoms with Crippen LogP contribution in [0.3, 0.4) is 0 Å². The average molecular weight is 503 g/mol. The van der Waals surface area contributed by atoms with E-state index in [1.807, 2.05) is 0 Å². The maximum absolute atomic E-state index is 12.2. The quantitative estimate of drug-likeness (QED) is 0.483. The minimum absolute atomic E-state index is 0.0724. The molecule has 0 N–H and O–H groups in total. The molecule has 5 aliphatic rings. The highest BCUT2D eigenvalue weighted by atomic mass is 16.7. The Morgan fingerprint density at radius 2 is 1.64 bits per heavy atom. The molecular formula is C29H42O7. The second kappa shape index (κ2) is 8.85. The van der Waals surface area contributed by atoms with E-state index in [-0.39, 0.29) is 28.6 Å². The predicted molar refractivity (Wildman–Crippen MR) is 131 cm³/mol. The van der Waals surface area contributed by atoms with Gasteiger partial charge in [0.1, 0.15) is 0 Å². The van der Waals surface area contributed by atoms with Crippen molar-refractivity contribution in [1.82, 2.24) is 0 Å². The smallest absolute Gasteiger partial charge is 0.334 e. The molecule has 200 valence electrons. The molecule has 3 aliphatic carbocycles. The van der Waals surface area contributed by atoms with Crippen LogP contribution in [0.2, 0.25) is 0 Å². The van der Waals surface area contributed by atoms with Crippen LogP contribution in [0.5, 0.6) is 0 Å². The zero-order chi connectivity index (χ0) is 26.0. The van der Waals surface area contributed by atoms with Gasteiger partial charge in [-0.25, -0.2) is 4.79 Å². The molecule has 0 amide bonds. The number of fused-ring (bicyclic) bond motifs is 5. The van der Waals surface area contributed by atoms with Crippen molar-refractivity contribution in [3.63, 3.8) is 0 Å². The molecule has 0 aromatic heterocycles. The molecule has 7 heteroatoms. The Morgan fingerprint density at radius 1 is 0.917 bits per heavy atom. The molecule has 0 radical (unpaired) electrons. The molecule has 4 fully saturated rings. The number of hydrogen-bond donors (Lipinski definition) is 0. The maximum atomic E-state index is 12.2. The largest absolute Gasteiger partial charge is 0.436 e. The third-order valence-electron chi connectivity index (χ3n) is 10.8.